The maximum atomic E-state index is 12.5. The van der Waals surface area contributed by atoms with E-state index in [2.05, 4.69) is 14.1 Å². The van der Waals surface area contributed by atoms with Crippen LogP contribution in [0.5, 0.6) is 0 Å². The van der Waals surface area contributed by atoms with Crippen LogP contribution < -0.4 is 12.4 Å². The number of halogens is 1. The van der Waals surface area contributed by atoms with Crippen molar-refractivity contribution in [1.29, 1.82) is 0 Å². The molecule has 0 aliphatic carbocycles. The lowest BCUT2D eigenvalue weighted by Crippen LogP contribution is -3.00. The quantitative estimate of drug-likeness (QED) is 0.622. The van der Waals surface area contributed by atoms with Crippen molar-refractivity contribution in [2.75, 3.05) is 20.6 Å². The first-order valence-corrected chi connectivity index (χ1v) is 8.34. The van der Waals surface area contributed by atoms with Crippen LogP contribution in [0.15, 0.2) is 54.6 Å². The molecule has 1 fully saturated rings. The first kappa shape index (κ1) is 19.4. The number of rotatable bonds is 4. The number of aliphatic hydroxyl groups is 1. The molecule has 25 heavy (non-hydrogen) atoms. The van der Waals surface area contributed by atoms with Crippen molar-refractivity contribution in [3.8, 4) is 11.1 Å². The van der Waals surface area contributed by atoms with E-state index in [0.29, 0.717) is 10.0 Å². The van der Waals surface area contributed by atoms with Crippen molar-refractivity contribution >= 4 is 5.97 Å². The SMILES string of the molecule is C[N+]1(C)CCCC1OC(=O)C(O)c1ccccc1-c1ccccc1.[Cl-]. The van der Waals surface area contributed by atoms with Gasteiger partial charge in [0.15, 0.2) is 6.10 Å². The normalized spacial score (nSPS) is 19.7. The van der Waals surface area contributed by atoms with E-state index >= 15 is 0 Å². The van der Waals surface area contributed by atoms with E-state index in [9.17, 15) is 9.90 Å². The average molecular weight is 362 g/mol. The van der Waals surface area contributed by atoms with Crippen molar-refractivity contribution in [1.82, 2.24) is 0 Å². The molecule has 2 atom stereocenters. The van der Waals surface area contributed by atoms with Crippen LogP contribution in [0.25, 0.3) is 11.1 Å². The van der Waals surface area contributed by atoms with Crippen LogP contribution in [0.4, 0.5) is 0 Å². The second-order valence-corrected chi connectivity index (χ2v) is 6.89. The van der Waals surface area contributed by atoms with Crippen molar-refractivity contribution in [2.24, 2.45) is 0 Å². The Balaban J connectivity index is 0.00000225. The van der Waals surface area contributed by atoms with Crippen LogP contribution in [0.3, 0.4) is 0 Å². The van der Waals surface area contributed by atoms with Gasteiger partial charge in [-0.1, -0.05) is 54.6 Å². The summed E-state index contributed by atoms with van der Waals surface area (Å²) in [6, 6.07) is 17.2. The number of benzene rings is 2. The number of nitrogens with zero attached hydrogens (tertiary/aromatic N) is 1. The minimum atomic E-state index is -1.28. The Morgan fingerprint density at radius 3 is 2.40 bits per heavy atom. The predicted molar refractivity (Wildman–Crippen MR) is 92.9 cm³/mol. The molecule has 0 saturated carbocycles. The molecular formula is C20H24ClNO3. The van der Waals surface area contributed by atoms with E-state index in [0.717, 1.165) is 30.5 Å². The third kappa shape index (κ3) is 4.21. The highest BCUT2D eigenvalue weighted by Crippen LogP contribution is 2.30. The van der Waals surface area contributed by atoms with Gasteiger partial charge < -0.3 is 22.3 Å². The molecule has 0 radical (unpaired) electrons. The second-order valence-electron chi connectivity index (χ2n) is 6.89. The monoisotopic (exact) mass is 361 g/mol. The minimum Gasteiger partial charge on any atom is -1.00 e. The van der Waals surface area contributed by atoms with Gasteiger partial charge in [-0.05, 0) is 16.7 Å². The summed E-state index contributed by atoms with van der Waals surface area (Å²) < 4.78 is 6.27. The van der Waals surface area contributed by atoms with Gasteiger partial charge in [0.2, 0.25) is 6.23 Å². The number of esters is 1. The zero-order valence-corrected chi connectivity index (χ0v) is 15.3. The fourth-order valence-electron chi connectivity index (χ4n) is 3.31. The standard InChI is InChI=1S/C20H24NO3.ClH/c1-21(2)14-8-13-18(21)24-20(23)19(22)17-12-7-6-11-16(17)15-9-4-3-5-10-15;/h3-7,9-12,18-19,22H,8,13-14H2,1-2H3;1H/q+1;/p-1. The van der Waals surface area contributed by atoms with Gasteiger partial charge in [-0.15, -0.1) is 0 Å². The van der Waals surface area contributed by atoms with Crippen molar-refractivity contribution in [3.63, 3.8) is 0 Å². The van der Waals surface area contributed by atoms with Crippen LogP contribution in [0.2, 0.25) is 0 Å². The molecule has 0 amide bonds. The molecule has 0 spiro atoms. The van der Waals surface area contributed by atoms with E-state index in [1.54, 1.807) is 6.07 Å². The maximum Gasteiger partial charge on any atom is 0.344 e. The van der Waals surface area contributed by atoms with Crippen LogP contribution in [-0.2, 0) is 9.53 Å². The number of quaternary nitrogens is 1. The zero-order valence-electron chi connectivity index (χ0n) is 14.6. The topological polar surface area (TPSA) is 46.5 Å². The number of carbonyl (C=O) groups is 1. The first-order valence-electron chi connectivity index (χ1n) is 8.34. The molecular weight excluding hydrogens is 338 g/mol. The number of ether oxygens (including phenoxy) is 1. The molecule has 0 bridgehead atoms. The number of aliphatic hydroxyl groups excluding tert-OH is 1. The fraction of sp³-hybridized carbons (Fsp3) is 0.350. The van der Waals surface area contributed by atoms with Gasteiger partial charge in [-0.2, -0.15) is 0 Å². The van der Waals surface area contributed by atoms with Gasteiger partial charge >= 0.3 is 5.97 Å². The Morgan fingerprint density at radius 2 is 1.76 bits per heavy atom. The van der Waals surface area contributed by atoms with Gasteiger partial charge in [0.25, 0.3) is 0 Å². The average Bonchev–Trinajstić information content (AvgIpc) is 2.93. The number of likely N-dealkylation sites (tertiary alicyclic amines) is 1. The van der Waals surface area contributed by atoms with Gasteiger partial charge in [-0.3, -0.25) is 4.48 Å². The molecule has 4 nitrogen and oxygen atoms in total. The smallest absolute Gasteiger partial charge is 0.344 e. The van der Waals surface area contributed by atoms with E-state index in [-0.39, 0.29) is 18.6 Å². The molecule has 1 heterocycles. The Kier molecular flexibility index (Phi) is 6.22. The summed E-state index contributed by atoms with van der Waals surface area (Å²) >= 11 is 0. The molecule has 5 heteroatoms. The lowest BCUT2D eigenvalue weighted by molar-refractivity contribution is -0.921. The molecule has 2 unspecified atom stereocenters. The molecule has 1 aliphatic rings. The Labute approximate surface area is 155 Å². The lowest BCUT2D eigenvalue weighted by atomic mass is 9.96. The number of hydrogen-bond donors (Lipinski definition) is 1. The third-order valence-corrected chi connectivity index (χ3v) is 4.78. The highest BCUT2D eigenvalue weighted by atomic mass is 35.5. The molecule has 2 aromatic rings. The summed E-state index contributed by atoms with van der Waals surface area (Å²) in [7, 11) is 4.10. The minimum absolute atomic E-state index is 0. The van der Waals surface area contributed by atoms with E-state index in [1.807, 2.05) is 48.5 Å². The summed E-state index contributed by atoms with van der Waals surface area (Å²) in [5.74, 6) is -0.573. The zero-order chi connectivity index (χ0) is 17.2. The maximum absolute atomic E-state index is 12.5. The van der Waals surface area contributed by atoms with Crippen LogP contribution in [0.1, 0.15) is 24.5 Å². The molecule has 0 aromatic heterocycles. The van der Waals surface area contributed by atoms with Crippen LogP contribution >= 0.6 is 0 Å². The first-order chi connectivity index (χ1) is 11.5. The van der Waals surface area contributed by atoms with Crippen molar-refractivity contribution < 1.29 is 31.5 Å². The van der Waals surface area contributed by atoms with Crippen molar-refractivity contribution in [3.05, 3.63) is 60.2 Å². The van der Waals surface area contributed by atoms with Crippen LogP contribution in [-0.4, -0.2) is 42.4 Å². The Bertz CT molecular complexity index is 718. The summed E-state index contributed by atoms with van der Waals surface area (Å²) in [6.45, 7) is 0.981. The highest BCUT2D eigenvalue weighted by molar-refractivity contribution is 5.81. The van der Waals surface area contributed by atoms with E-state index in [4.69, 9.17) is 4.74 Å². The summed E-state index contributed by atoms with van der Waals surface area (Å²) in [5, 5.41) is 10.6. The van der Waals surface area contributed by atoms with Crippen LogP contribution in [0, 0.1) is 0 Å². The van der Waals surface area contributed by atoms with Gasteiger partial charge in [-0.25, -0.2) is 4.79 Å². The predicted octanol–water partition coefficient (Wildman–Crippen LogP) is 0.131. The number of carbonyl (C=O) groups excluding carboxylic acids is 1. The Morgan fingerprint density at radius 1 is 1.12 bits per heavy atom. The molecule has 2 aromatic carbocycles. The van der Waals surface area contributed by atoms with Gasteiger partial charge in [0.1, 0.15) is 0 Å². The molecule has 1 saturated heterocycles. The second kappa shape index (κ2) is 8.00. The largest absolute Gasteiger partial charge is 1.00 e. The van der Waals surface area contributed by atoms with Crippen molar-refractivity contribution in [2.45, 2.75) is 25.2 Å². The summed E-state index contributed by atoms with van der Waals surface area (Å²) in [5.41, 5.74) is 2.40. The lowest BCUT2D eigenvalue weighted by Gasteiger charge is -2.31. The van der Waals surface area contributed by atoms with E-state index in [1.165, 1.54) is 0 Å². The third-order valence-electron chi connectivity index (χ3n) is 4.78. The molecule has 1 aliphatic heterocycles. The van der Waals surface area contributed by atoms with Gasteiger partial charge in [0.05, 0.1) is 20.6 Å². The highest BCUT2D eigenvalue weighted by Gasteiger charge is 2.38. The molecule has 3 rings (SSSR count). The number of hydrogen-bond acceptors (Lipinski definition) is 3. The fourth-order valence-corrected chi connectivity index (χ4v) is 3.31. The van der Waals surface area contributed by atoms with Gasteiger partial charge in [0, 0.05) is 12.8 Å². The summed E-state index contributed by atoms with van der Waals surface area (Å²) in [6.07, 6.45) is 0.408. The molecule has 1 N–H and O–H groups in total. The Hall–Kier alpha value is -1.88. The van der Waals surface area contributed by atoms with E-state index < -0.39 is 12.1 Å². The molecule has 134 valence electrons. The summed E-state index contributed by atoms with van der Waals surface area (Å²) in [4.78, 5) is 12.5.